The molecule has 0 saturated carbocycles. The van der Waals surface area contributed by atoms with E-state index < -0.39 is 17.7 Å². The van der Waals surface area contributed by atoms with Gasteiger partial charge in [0.1, 0.15) is 6.04 Å². The summed E-state index contributed by atoms with van der Waals surface area (Å²) in [5.41, 5.74) is 1.27. The van der Waals surface area contributed by atoms with Crippen LogP contribution in [-0.4, -0.2) is 57.0 Å². The van der Waals surface area contributed by atoms with E-state index in [1.165, 1.54) is 12.1 Å². The van der Waals surface area contributed by atoms with Gasteiger partial charge in [0.25, 0.3) is 0 Å². The van der Waals surface area contributed by atoms with Crippen molar-refractivity contribution in [1.82, 2.24) is 30.1 Å². The lowest BCUT2D eigenvalue weighted by Gasteiger charge is -2.33. The third kappa shape index (κ3) is 4.50. The minimum absolute atomic E-state index is 0.0624. The molecule has 4 heterocycles. The average Bonchev–Trinajstić information content (AvgIpc) is 3.09. The molecule has 35 heavy (non-hydrogen) atoms. The Balaban J connectivity index is 1.19. The Morgan fingerprint density at radius 3 is 2.66 bits per heavy atom. The Labute approximate surface area is 199 Å². The predicted molar refractivity (Wildman–Crippen MR) is 124 cm³/mol. The smallest absolute Gasteiger partial charge is 0.327 e. The number of pyridine rings is 1. The molecule has 0 radical (unpaired) electrons. The third-order valence-electron chi connectivity index (χ3n) is 6.97. The molecule has 5 rings (SSSR count). The molecule has 2 unspecified atom stereocenters. The molecule has 2 aliphatic heterocycles. The van der Waals surface area contributed by atoms with Crippen LogP contribution in [0.5, 0.6) is 0 Å². The van der Waals surface area contributed by atoms with Crippen LogP contribution in [0, 0.1) is 11.6 Å². The maximum Gasteiger partial charge on any atom is 0.327 e. The van der Waals surface area contributed by atoms with Crippen LogP contribution in [0.25, 0.3) is 11.2 Å². The van der Waals surface area contributed by atoms with Crippen molar-refractivity contribution in [2.45, 2.75) is 43.7 Å². The molecule has 0 spiro atoms. The molecule has 2 aliphatic rings. The van der Waals surface area contributed by atoms with Crippen LogP contribution >= 0.6 is 0 Å². The van der Waals surface area contributed by atoms with Crippen LogP contribution in [0.15, 0.2) is 41.3 Å². The lowest BCUT2D eigenvalue weighted by Crippen LogP contribution is -2.52. The molecule has 11 heteroatoms. The summed E-state index contributed by atoms with van der Waals surface area (Å²) in [4.78, 5) is 46.5. The van der Waals surface area contributed by atoms with Crippen molar-refractivity contribution in [3.8, 4) is 0 Å². The Bertz CT molecular complexity index is 1310. The molecule has 2 fully saturated rings. The fraction of sp³-hybridized carbons (Fsp3) is 0.417. The molecule has 1 aromatic carbocycles. The van der Waals surface area contributed by atoms with Crippen molar-refractivity contribution < 1.29 is 18.4 Å². The van der Waals surface area contributed by atoms with E-state index in [1.807, 2.05) is 6.07 Å². The van der Waals surface area contributed by atoms with Crippen molar-refractivity contribution in [1.29, 1.82) is 0 Å². The summed E-state index contributed by atoms with van der Waals surface area (Å²) in [6.07, 6.45) is 3.53. The topological polar surface area (TPSA) is 112 Å². The number of aromatic nitrogens is 3. The van der Waals surface area contributed by atoms with Gasteiger partial charge >= 0.3 is 11.7 Å². The summed E-state index contributed by atoms with van der Waals surface area (Å²) in [7, 11) is 0. The summed E-state index contributed by atoms with van der Waals surface area (Å²) < 4.78 is 29.6. The second-order valence-corrected chi connectivity index (χ2v) is 9.05. The molecule has 3 aromatic rings. The number of nitrogens with zero attached hydrogens (tertiary/aromatic N) is 3. The van der Waals surface area contributed by atoms with E-state index in [0.29, 0.717) is 44.4 Å². The lowest BCUT2D eigenvalue weighted by atomic mass is 9.93. The van der Waals surface area contributed by atoms with Gasteiger partial charge in [-0.2, -0.15) is 0 Å². The SMILES string of the molecule is O=C1NCC(c2cccc(F)c2F)CCC1NC(=O)N1CCC(n2c(=O)[nH]c3ncccc32)CC1. The number of likely N-dealkylation sites (tertiary alicyclic amines) is 1. The van der Waals surface area contributed by atoms with Gasteiger partial charge in [0.15, 0.2) is 17.3 Å². The van der Waals surface area contributed by atoms with Gasteiger partial charge in [-0.15, -0.1) is 0 Å². The number of urea groups is 1. The van der Waals surface area contributed by atoms with Crippen molar-refractivity contribution in [2.75, 3.05) is 19.6 Å². The van der Waals surface area contributed by atoms with Gasteiger partial charge in [0, 0.05) is 37.8 Å². The number of imidazole rings is 1. The molecule has 9 nitrogen and oxygen atoms in total. The quantitative estimate of drug-likeness (QED) is 0.530. The van der Waals surface area contributed by atoms with Gasteiger partial charge in [-0.1, -0.05) is 12.1 Å². The fourth-order valence-corrected chi connectivity index (χ4v) is 5.08. The van der Waals surface area contributed by atoms with Crippen LogP contribution in [0.4, 0.5) is 13.6 Å². The van der Waals surface area contributed by atoms with Crippen LogP contribution in [0.3, 0.4) is 0 Å². The van der Waals surface area contributed by atoms with Crippen LogP contribution in [-0.2, 0) is 4.79 Å². The standard InChI is InChI=1S/C24H26F2N6O3/c25-17-4-1-3-16(20(17)26)14-6-7-18(22(33)28-13-14)29-23(34)31-11-8-15(9-12-31)32-19-5-2-10-27-21(19)30-24(32)35/h1-5,10,14-15,18H,6-9,11-13H2,(H,28,33)(H,29,34)(H,27,30,35). The number of hydrogen-bond donors (Lipinski definition) is 3. The summed E-state index contributed by atoms with van der Waals surface area (Å²) in [6.45, 7) is 1.04. The van der Waals surface area contributed by atoms with Crippen molar-refractivity contribution in [3.63, 3.8) is 0 Å². The Hall–Kier alpha value is -3.76. The number of benzene rings is 1. The van der Waals surface area contributed by atoms with E-state index in [4.69, 9.17) is 0 Å². The molecular formula is C24H26F2N6O3. The number of H-pyrrole nitrogens is 1. The van der Waals surface area contributed by atoms with Gasteiger partial charge in [-0.05, 0) is 49.4 Å². The second kappa shape index (κ2) is 9.47. The third-order valence-corrected chi connectivity index (χ3v) is 6.97. The predicted octanol–water partition coefficient (Wildman–Crippen LogP) is 2.41. The highest BCUT2D eigenvalue weighted by Gasteiger charge is 2.32. The number of aromatic amines is 1. The molecule has 2 saturated heterocycles. The van der Waals surface area contributed by atoms with E-state index in [1.54, 1.807) is 21.7 Å². The number of nitrogens with one attached hydrogen (secondary N) is 3. The zero-order chi connectivity index (χ0) is 24.5. The fourth-order valence-electron chi connectivity index (χ4n) is 5.08. The van der Waals surface area contributed by atoms with Gasteiger partial charge in [-0.3, -0.25) is 14.3 Å². The van der Waals surface area contributed by atoms with Gasteiger partial charge in [-0.25, -0.2) is 23.4 Å². The van der Waals surface area contributed by atoms with E-state index in [-0.39, 0.29) is 41.7 Å². The van der Waals surface area contributed by atoms with E-state index >= 15 is 0 Å². The zero-order valence-electron chi connectivity index (χ0n) is 19.0. The number of piperidine rings is 1. The maximum absolute atomic E-state index is 14.2. The van der Waals surface area contributed by atoms with Gasteiger partial charge < -0.3 is 15.5 Å². The first-order valence-corrected chi connectivity index (χ1v) is 11.7. The Kier molecular flexibility index (Phi) is 6.23. The summed E-state index contributed by atoms with van der Waals surface area (Å²) in [5.74, 6) is -2.54. The van der Waals surface area contributed by atoms with Crippen LogP contribution < -0.4 is 16.3 Å². The lowest BCUT2D eigenvalue weighted by molar-refractivity contribution is -0.122. The number of amides is 3. The number of halogens is 2. The Morgan fingerprint density at radius 1 is 1.06 bits per heavy atom. The first kappa shape index (κ1) is 23.0. The number of carbonyl (C=O) groups is 2. The highest BCUT2D eigenvalue weighted by molar-refractivity contribution is 5.87. The van der Waals surface area contributed by atoms with Crippen LogP contribution in [0.2, 0.25) is 0 Å². The number of rotatable bonds is 3. The molecule has 0 bridgehead atoms. The monoisotopic (exact) mass is 484 g/mol. The number of fused-ring (bicyclic) bond motifs is 1. The van der Waals surface area contributed by atoms with Crippen molar-refractivity contribution in [2.24, 2.45) is 0 Å². The first-order chi connectivity index (χ1) is 16.9. The average molecular weight is 485 g/mol. The summed E-state index contributed by atoms with van der Waals surface area (Å²) in [5, 5.41) is 5.53. The minimum Gasteiger partial charge on any atom is -0.354 e. The largest absolute Gasteiger partial charge is 0.354 e. The highest BCUT2D eigenvalue weighted by atomic mass is 19.2. The number of hydrogen-bond acceptors (Lipinski definition) is 4. The molecule has 2 atom stereocenters. The highest BCUT2D eigenvalue weighted by Crippen LogP contribution is 2.28. The van der Waals surface area contributed by atoms with Crippen LogP contribution in [0.1, 0.15) is 43.2 Å². The van der Waals surface area contributed by atoms with Gasteiger partial charge in [0.2, 0.25) is 5.91 Å². The minimum atomic E-state index is -0.919. The maximum atomic E-state index is 14.2. The molecule has 184 valence electrons. The molecule has 3 amide bonds. The molecule has 0 aliphatic carbocycles. The Morgan fingerprint density at radius 2 is 1.86 bits per heavy atom. The molecular weight excluding hydrogens is 458 g/mol. The van der Waals surface area contributed by atoms with E-state index in [9.17, 15) is 23.2 Å². The normalized spacial score (nSPS) is 21.5. The first-order valence-electron chi connectivity index (χ1n) is 11.7. The molecule has 2 aromatic heterocycles. The zero-order valence-corrected chi connectivity index (χ0v) is 19.0. The van der Waals surface area contributed by atoms with Gasteiger partial charge in [0.05, 0.1) is 5.52 Å². The van der Waals surface area contributed by atoms with E-state index in [2.05, 4.69) is 20.6 Å². The summed E-state index contributed by atoms with van der Waals surface area (Å²) in [6, 6.07) is 6.47. The summed E-state index contributed by atoms with van der Waals surface area (Å²) >= 11 is 0. The second-order valence-electron chi connectivity index (χ2n) is 9.05. The van der Waals surface area contributed by atoms with Crippen molar-refractivity contribution >= 4 is 23.1 Å². The number of carbonyl (C=O) groups excluding carboxylic acids is 2. The molecule has 3 N–H and O–H groups in total. The van der Waals surface area contributed by atoms with Crippen molar-refractivity contribution in [3.05, 3.63) is 64.2 Å². The van der Waals surface area contributed by atoms with E-state index in [0.717, 1.165) is 11.6 Å².